The van der Waals surface area contributed by atoms with Crippen LogP contribution in [0.2, 0.25) is 0 Å². The maximum Gasteiger partial charge on any atom is 0.303 e. The molecule has 0 bridgehead atoms. The summed E-state index contributed by atoms with van der Waals surface area (Å²) in [6.07, 6.45) is 0.979. The van der Waals surface area contributed by atoms with Crippen LogP contribution >= 0.6 is 0 Å². The fraction of sp³-hybridized carbons (Fsp3) is 0.375. The maximum absolute atomic E-state index is 13.7. The third-order valence-corrected chi connectivity index (χ3v) is 6.47. The summed E-state index contributed by atoms with van der Waals surface area (Å²) in [5.74, 6) is 0.558. The second-order valence-electron chi connectivity index (χ2n) is 10.4. The highest BCUT2D eigenvalue weighted by Crippen LogP contribution is 2.27. The Morgan fingerprint density at radius 1 is 0.947 bits per heavy atom. The van der Waals surface area contributed by atoms with Crippen molar-refractivity contribution in [2.45, 2.75) is 66.5 Å². The van der Waals surface area contributed by atoms with Crippen LogP contribution in [0.4, 0.5) is 0 Å². The summed E-state index contributed by atoms with van der Waals surface area (Å²) in [5, 5.41) is 12.5. The summed E-state index contributed by atoms with van der Waals surface area (Å²) in [5.41, 5.74) is 6.46. The number of hydrogen-bond acceptors (Lipinski definition) is 4. The van der Waals surface area contributed by atoms with E-state index >= 15 is 0 Å². The molecule has 202 valence electrons. The predicted octanol–water partition coefficient (Wildman–Crippen LogP) is 6.73. The molecule has 1 unspecified atom stereocenters. The van der Waals surface area contributed by atoms with Crippen molar-refractivity contribution in [3.63, 3.8) is 0 Å². The Bertz CT molecular complexity index is 1260. The van der Waals surface area contributed by atoms with Gasteiger partial charge in [-0.05, 0) is 80.0 Å². The molecule has 0 saturated heterocycles. The zero-order chi connectivity index (χ0) is 27.8. The molecule has 3 aromatic rings. The molecule has 0 heterocycles. The van der Waals surface area contributed by atoms with E-state index in [9.17, 15) is 14.7 Å². The fourth-order valence-electron chi connectivity index (χ4n) is 4.63. The molecule has 1 amide bonds. The molecule has 2 N–H and O–H groups in total. The number of carboxylic acids is 1. The number of carboxylic acid groups (broad SMARTS) is 1. The minimum atomic E-state index is -0.905. The van der Waals surface area contributed by atoms with E-state index in [-0.39, 0.29) is 24.8 Å². The molecular formula is C32H39NO5. The number of aryl methyl sites for hydroxylation is 4. The number of ether oxygens (including phenoxy) is 2. The summed E-state index contributed by atoms with van der Waals surface area (Å²) in [6, 6.07) is 17.4. The van der Waals surface area contributed by atoms with Gasteiger partial charge in [0.1, 0.15) is 18.1 Å². The first-order valence-electron chi connectivity index (χ1n) is 13.1. The van der Waals surface area contributed by atoms with Crippen LogP contribution in [0.3, 0.4) is 0 Å². The number of hydrogen-bond donors (Lipinski definition) is 2. The Labute approximate surface area is 226 Å². The van der Waals surface area contributed by atoms with E-state index < -0.39 is 5.97 Å². The maximum atomic E-state index is 13.7. The van der Waals surface area contributed by atoms with E-state index in [1.54, 1.807) is 25.3 Å². The lowest BCUT2D eigenvalue weighted by atomic mass is 9.93. The smallest absolute Gasteiger partial charge is 0.303 e. The zero-order valence-electron chi connectivity index (χ0n) is 23.3. The highest BCUT2D eigenvalue weighted by atomic mass is 16.5. The highest BCUT2D eigenvalue weighted by Gasteiger charge is 2.21. The lowest BCUT2D eigenvalue weighted by Crippen LogP contribution is -2.30. The molecular weight excluding hydrogens is 478 g/mol. The van der Waals surface area contributed by atoms with E-state index in [1.165, 1.54) is 0 Å². The van der Waals surface area contributed by atoms with Crippen molar-refractivity contribution in [2.24, 2.45) is 5.92 Å². The first kappa shape index (κ1) is 28.8. The van der Waals surface area contributed by atoms with Crippen molar-refractivity contribution in [3.8, 4) is 11.5 Å². The van der Waals surface area contributed by atoms with Gasteiger partial charge in [-0.3, -0.25) is 9.59 Å². The van der Waals surface area contributed by atoms with Gasteiger partial charge in [0.2, 0.25) is 0 Å². The average Bonchev–Trinajstić information content (AvgIpc) is 2.85. The van der Waals surface area contributed by atoms with Crippen molar-refractivity contribution < 1.29 is 24.2 Å². The van der Waals surface area contributed by atoms with Crippen LogP contribution in [0.15, 0.2) is 54.6 Å². The Kier molecular flexibility index (Phi) is 9.94. The molecule has 3 aromatic carbocycles. The number of nitrogens with one attached hydrogen (secondary N) is 1. The number of aliphatic carboxylic acids is 1. The van der Waals surface area contributed by atoms with Crippen molar-refractivity contribution >= 4 is 11.9 Å². The summed E-state index contributed by atoms with van der Waals surface area (Å²) < 4.78 is 11.4. The van der Waals surface area contributed by atoms with Crippen LogP contribution in [-0.4, -0.2) is 24.1 Å². The quantitative estimate of drug-likeness (QED) is 0.278. The van der Waals surface area contributed by atoms with Gasteiger partial charge >= 0.3 is 5.97 Å². The van der Waals surface area contributed by atoms with Crippen molar-refractivity contribution in [3.05, 3.63) is 93.5 Å². The molecule has 1 atom stereocenters. The molecule has 0 saturated carbocycles. The normalized spacial score (nSPS) is 11.8. The largest absolute Gasteiger partial charge is 0.496 e. The van der Waals surface area contributed by atoms with Crippen LogP contribution in [0.5, 0.6) is 11.5 Å². The Hall–Kier alpha value is -3.80. The minimum absolute atomic E-state index is 0.0594. The predicted molar refractivity (Wildman–Crippen MR) is 150 cm³/mol. The summed E-state index contributed by atoms with van der Waals surface area (Å²) >= 11 is 0. The molecule has 0 fully saturated rings. The van der Waals surface area contributed by atoms with E-state index in [0.29, 0.717) is 29.4 Å². The average molecular weight is 518 g/mol. The first-order chi connectivity index (χ1) is 18.0. The monoisotopic (exact) mass is 517 g/mol. The fourth-order valence-corrected chi connectivity index (χ4v) is 4.63. The molecule has 0 radical (unpaired) electrons. The summed E-state index contributed by atoms with van der Waals surface area (Å²) in [6.45, 7) is 10.7. The van der Waals surface area contributed by atoms with Gasteiger partial charge in [0, 0.05) is 12.0 Å². The molecule has 6 nitrogen and oxygen atoms in total. The molecule has 0 spiro atoms. The molecule has 0 aliphatic heterocycles. The van der Waals surface area contributed by atoms with Crippen molar-refractivity contribution in [1.29, 1.82) is 0 Å². The Balaban J connectivity index is 1.88. The number of amides is 1. The van der Waals surface area contributed by atoms with Crippen LogP contribution in [0.25, 0.3) is 0 Å². The van der Waals surface area contributed by atoms with Gasteiger partial charge in [0.25, 0.3) is 5.91 Å². The lowest BCUT2D eigenvalue weighted by Gasteiger charge is -2.23. The lowest BCUT2D eigenvalue weighted by molar-refractivity contribution is -0.136. The van der Waals surface area contributed by atoms with E-state index in [0.717, 1.165) is 40.0 Å². The molecule has 0 aliphatic carbocycles. The Morgan fingerprint density at radius 3 is 2.29 bits per heavy atom. The van der Waals surface area contributed by atoms with Crippen molar-refractivity contribution in [1.82, 2.24) is 5.32 Å². The molecule has 0 aromatic heterocycles. The first-order valence-corrected chi connectivity index (χ1v) is 13.1. The van der Waals surface area contributed by atoms with Crippen LogP contribution < -0.4 is 14.8 Å². The number of rotatable bonds is 12. The molecule has 0 aliphatic rings. The van der Waals surface area contributed by atoms with Crippen LogP contribution in [0, 0.1) is 26.7 Å². The third-order valence-electron chi connectivity index (χ3n) is 6.47. The SMILES string of the molecule is COc1cc(COc2ccc(CCC(=O)O)c(C(=O)NC(CC(C)C)c3cc(C)cc(C)c3)c2)ccc1C. The van der Waals surface area contributed by atoms with Gasteiger partial charge in [-0.2, -0.15) is 0 Å². The Morgan fingerprint density at radius 2 is 1.66 bits per heavy atom. The van der Waals surface area contributed by atoms with Gasteiger partial charge in [-0.15, -0.1) is 0 Å². The molecule has 3 rings (SSSR count). The second-order valence-corrected chi connectivity index (χ2v) is 10.4. The zero-order valence-corrected chi connectivity index (χ0v) is 23.3. The van der Waals surface area contributed by atoms with E-state index in [4.69, 9.17) is 9.47 Å². The van der Waals surface area contributed by atoms with Crippen molar-refractivity contribution in [2.75, 3.05) is 7.11 Å². The van der Waals surface area contributed by atoms with Gasteiger partial charge < -0.3 is 19.9 Å². The highest BCUT2D eigenvalue weighted by molar-refractivity contribution is 5.96. The van der Waals surface area contributed by atoms with Crippen LogP contribution in [0.1, 0.15) is 76.5 Å². The summed E-state index contributed by atoms with van der Waals surface area (Å²) in [4.78, 5) is 24.9. The number of methoxy groups -OCH3 is 1. The van der Waals surface area contributed by atoms with Gasteiger partial charge in [0.15, 0.2) is 0 Å². The topological polar surface area (TPSA) is 84.9 Å². The van der Waals surface area contributed by atoms with Gasteiger partial charge in [0.05, 0.1) is 13.2 Å². The molecule has 6 heteroatoms. The number of carbonyl (C=O) groups is 2. The second kappa shape index (κ2) is 13.1. The molecule has 38 heavy (non-hydrogen) atoms. The minimum Gasteiger partial charge on any atom is -0.496 e. The van der Waals surface area contributed by atoms with E-state index in [2.05, 4.69) is 51.2 Å². The van der Waals surface area contributed by atoms with Gasteiger partial charge in [-0.25, -0.2) is 0 Å². The number of benzene rings is 3. The third kappa shape index (κ3) is 8.10. The number of carbonyl (C=O) groups excluding carboxylic acids is 1. The van der Waals surface area contributed by atoms with Gasteiger partial charge in [-0.1, -0.05) is 61.4 Å². The summed E-state index contributed by atoms with van der Waals surface area (Å²) in [7, 11) is 1.64. The van der Waals surface area contributed by atoms with E-state index in [1.807, 2.05) is 25.1 Å². The van der Waals surface area contributed by atoms with Crippen LogP contribution in [-0.2, 0) is 17.8 Å². The standard InChI is InChI=1S/C32H39NO5/c1-20(2)13-29(26-15-21(3)14-22(4)16-26)33-32(36)28-18-27(11-9-25(28)10-12-31(34)35)38-19-24-8-7-23(5)30(17-24)37-6/h7-9,11,14-18,20,29H,10,12-13,19H2,1-6H3,(H,33,36)(H,34,35).